The third kappa shape index (κ3) is 3.02. The quantitative estimate of drug-likeness (QED) is 0.806. The molecule has 1 aromatic heterocycles. The topological polar surface area (TPSA) is 66.1 Å². The van der Waals surface area contributed by atoms with E-state index in [1.54, 1.807) is 13.3 Å². The van der Waals surface area contributed by atoms with Crippen LogP contribution in [0.2, 0.25) is 0 Å². The van der Waals surface area contributed by atoms with Crippen molar-refractivity contribution in [3.63, 3.8) is 0 Å². The molecular formula is C12H16N2O2. The van der Waals surface area contributed by atoms with Crippen molar-refractivity contribution in [3.05, 3.63) is 29.1 Å². The maximum atomic E-state index is 8.99. The summed E-state index contributed by atoms with van der Waals surface area (Å²) in [5.74, 6) is 0. The third-order valence-electron chi connectivity index (χ3n) is 2.54. The number of aliphatic hydroxyl groups is 1. The van der Waals surface area contributed by atoms with Crippen molar-refractivity contribution >= 4 is 0 Å². The Kier molecular flexibility index (Phi) is 4.90. The second kappa shape index (κ2) is 6.21. The molecule has 16 heavy (non-hydrogen) atoms. The zero-order valence-electron chi connectivity index (χ0n) is 9.60. The number of aliphatic hydroxyl groups excluding tert-OH is 1. The lowest BCUT2D eigenvalue weighted by atomic mass is 9.98. The first kappa shape index (κ1) is 12.6. The number of nitriles is 1. The summed E-state index contributed by atoms with van der Waals surface area (Å²) in [4.78, 5) is 4.03. The maximum absolute atomic E-state index is 8.99. The number of pyridine rings is 1. The molecule has 0 aliphatic carbocycles. The van der Waals surface area contributed by atoms with Crippen molar-refractivity contribution in [1.29, 1.82) is 5.26 Å². The fraction of sp³-hybridized carbons (Fsp3) is 0.500. The largest absolute Gasteiger partial charge is 0.396 e. The van der Waals surface area contributed by atoms with Gasteiger partial charge in [-0.2, -0.15) is 5.26 Å². The highest BCUT2D eigenvalue weighted by Crippen LogP contribution is 2.16. The molecule has 1 atom stereocenters. The molecule has 0 saturated heterocycles. The molecule has 0 aliphatic heterocycles. The van der Waals surface area contributed by atoms with E-state index in [2.05, 4.69) is 11.1 Å². The van der Waals surface area contributed by atoms with E-state index in [-0.39, 0.29) is 12.7 Å². The van der Waals surface area contributed by atoms with E-state index in [1.807, 2.05) is 6.92 Å². The number of aromatic nitrogens is 1. The molecule has 1 aromatic rings. The van der Waals surface area contributed by atoms with Crippen LogP contribution in [0.5, 0.6) is 0 Å². The molecule has 0 aliphatic rings. The van der Waals surface area contributed by atoms with Crippen LogP contribution in [0.25, 0.3) is 0 Å². The van der Waals surface area contributed by atoms with E-state index in [0.717, 1.165) is 11.1 Å². The molecule has 1 rings (SSSR count). The molecule has 0 saturated carbocycles. The van der Waals surface area contributed by atoms with E-state index in [0.29, 0.717) is 18.4 Å². The standard InChI is InChI=1S/C12H16N2O2/c1-9(16-2)5-10-7-14-8-11(6-13)12(10)3-4-15/h7-9,15H,3-5H2,1-2H3. The lowest BCUT2D eigenvalue weighted by Gasteiger charge is -2.13. The minimum atomic E-state index is 0.0348. The van der Waals surface area contributed by atoms with Crippen molar-refractivity contribution < 1.29 is 9.84 Å². The van der Waals surface area contributed by atoms with Gasteiger partial charge in [-0.3, -0.25) is 4.98 Å². The number of methoxy groups -OCH3 is 1. The Bertz CT molecular complexity index is 385. The Morgan fingerprint density at radius 1 is 1.56 bits per heavy atom. The summed E-state index contributed by atoms with van der Waals surface area (Å²) < 4.78 is 5.19. The molecule has 4 nitrogen and oxygen atoms in total. The predicted octanol–water partition coefficient (Wildman–Crippen LogP) is 1.07. The monoisotopic (exact) mass is 220 g/mol. The Morgan fingerprint density at radius 3 is 2.88 bits per heavy atom. The average molecular weight is 220 g/mol. The lowest BCUT2D eigenvalue weighted by Crippen LogP contribution is -2.12. The van der Waals surface area contributed by atoms with Gasteiger partial charge in [-0.05, 0) is 24.5 Å². The van der Waals surface area contributed by atoms with Crippen molar-refractivity contribution in [2.75, 3.05) is 13.7 Å². The fourth-order valence-corrected chi connectivity index (χ4v) is 1.60. The molecule has 0 bridgehead atoms. The van der Waals surface area contributed by atoms with Gasteiger partial charge in [0.1, 0.15) is 6.07 Å². The van der Waals surface area contributed by atoms with Gasteiger partial charge in [0.2, 0.25) is 0 Å². The van der Waals surface area contributed by atoms with E-state index >= 15 is 0 Å². The zero-order chi connectivity index (χ0) is 12.0. The summed E-state index contributed by atoms with van der Waals surface area (Å²) in [5, 5.41) is 18.0. The van der Waals surface area contributed by atoms with E-state index < -0.39 is 0 Å². The zero-order valence-corrected chi connectivity index (χ0v) is 9.60. The number of nitrogens with zero attached hydrogens (tertiary/aromatic N) is 2. The predicted molar refractivity (Wildman–Crippen MR) is 59.9 cm³/mol. The van der Waals surface area contributed by atoms with Gasteiger partial charge in [-0.1, -0.05) is 0 Å². The number of rotatable bonds is 5. The van der Waals surface area contributed by atoms with Gasteiger partial charge in [0.05, 0.1) is 11.7 Å². The van der Waals surface area contributed by atoms with Crippen molar-refractivity contribution in [1.82, 2.24) is 4.98 Å². The van der Waals surface area contributed by atoms with Crippen LogP contribution >= 0.6 is 0 Å². The Labute approximate surface area is 95.5 Å². The van der Waals surface area contributed by atoms with Gasteiger partial charge in [0.15, 0.2) is 0 Å². The van der Waals surface area contributed by atoms with Crippen molar-refractivity contribution in [3.8, 4) is 6.07 Å². The molecule has 0 spiro atoms. The van der Waals surface area contributed by atoms with Crippen LogP contribution in [0.3, 0.4) is 0 Å². The minimum absolute atomic E-state index is 0.0348. The Hall–Kier alpha value is -1.44. The second-order valence-corrected chi connectivity index (χ2v) is 3.66. The first-order chi connectivity index (χ1) is 7.72. The second-order valence-electron chi connectivity index (χ2n) is 3.66. The first-order valence-corrected chi connectivity index (χ1v) is 5.22. The fourth-order valence-electron chi connectivity index (χ4n) is 1.60. The molecule has 0 radical (unpaired) electrons. The number of hydrogen-bond donors (Lipinski definition) is 1. The summed E-state index contributed by atoms with van der Waals surface area (Å²) in [5.41, 5.74) is 2.39. The molecule has 0 amide bonds. The molecule has 0 fully saturated rings. The highest BCUT2D eigenvalue weighted by Gasteiger charge is 2.11. The van der Waals surface area contributed by atoms with Crippen LogP contribution in [-0.4, -0.2) is 29.9 Å². The van der Waals surface area contributed by atoms with Crippen LogP contribution in [0, 0.1) is 11.3 Å². The normalized spacial score (nSPS) is 12.1. The van der Waals surface area contributed by atoms with E-state index in [4.69, 9.17) is 15.1 Å². The highest BCUT2D eigenvalue weighted by molar-refractivity contribution is 5.40. The molecule has 86 valence electrons. The average Bonchev–Trinajstić information content (AvgIpc) is 2.31. The maximum Gasteiger partial charge on any atom is 0.101 e. The summed E-state index contributed by atoms with van der Waals surface area (Å²) in [7, 11) is 1.65. The van der Waals surface area contributed by atoms with Crippen LogP contribution in [0.1, 0.15) is 23.6 Å². The van der Waals surface area contributed by atoms with Crippen LogP contribution in [0.4, 0.5) is 0 Å². The lowest BCUT2D eigenvalue weighted by molar-refractivity contribution is 0.118. The van der Waals surface area contributed by atoms with E-state index in [9.17, 15) is 0 Å². The van der Waals surface area contributed by atoms with Crippen LogP contribution in [0.15, 0.2) is 12.4 Å². The van der Waals surface area contributed by atoms with Gasteiger partial charge in [0, 0.05) is 32.5 Å². The van der Waals surface area contributed by atoms with Gasteiger partial charge in [-0.25, -0.2) is 0 Å². The molecule has 4 heteroatoms. The Morgan fingerprint density at radius 2 is 2.31 bits per heavy atom. The van der Waals surface area contributed by atoms with E-state index in [1.165, 1.54) is 6.20 Å². The molecule has 1 heterocycles. The minimum Gasteiger partial charge on any atom is -0.396 e. The van der Waals surface area contributed by atoms with Gasteiger partial charge in [-0.15, -0.1) is 0 Å². The third-order valence-corrected chi connectivity index (χ3v) is 2.54. The highest BCUT2D eigenvalue weighted by atomic mass is 16.5. The Balaban J connectivity index is 3.02. The summed E-state index contributed by atoms with van der Waals surface area (Å²) in [6.07, 6.45) is 4.53. The molecule has 1 N–H and O–H groups in total. The number of hydrogen-bond acceptors (Lipinski definition) is 4. The number of ether oxygens (including phenoxy) is 1. The van der Waals surface area contributed by atoms with Gasteiger partial charge >= 0.3 is 0 Å². The summed E-state index contributed by atoms with van der Waals surface area (Å²) >= 11 is 0. The van der Waals surface area contributed by atoms with Gasteiger partial charge in [0.25, 0.3) is 0 Å². The van der Waals surface area contributed by atoms with Gasteiger partial charge < -0.3 is 9.84 Å². The van der Waals surface area contributed by atoms with Crippen LogP contribution in [-0.2, 0) is 17.6 Å². The molecule has 0 aromatic carbocycles. The molecule has 1 unspecified atom stereocenters. The summed E-state index contributed by atoms with van der Waals surface area (Å²) in [6, 6.07) is 2.10. The van der Waals surface area contributed by atoms with Crippen molar-refractivity contribution in [2.24, 2.45) is 0 Å². The molecular weight excluding hydrogens is 204 g/mol. The van der Waals surface area contributed by atoms with Crippen molar-refractivity contribution in [2.45, 2.75) is 25.9 Å². The summed E-state index contributed by atoms with van der Waals surface area (Å²) in [6.45, 7) is 1.99. The van der Waals surface area contributed by atoms with Crippen LogP contribution < -0.4 is 0 Å². The smallest absolute Gasteiger partial charge is 0.101 e. The first-order valence-electron chi connectivity index (χ1n) is 5.22. The SMILES string of the molecule is COC(C)Cc1cncc(C#N)c1CCO.